The molecule has 0 unspecified atom stereocenters. The number of benzene rings is 2. The fourth-order valence-electron chi connectivity index (χ4n) is 2.65. The number of carbonyl (C=O) groups is 1. The minimum absolute atomic E-state index is 0.0940. The number of carbonyl (C=O) groups excluding carboxylic acids is 1. The number of alkyl halides is 3. The first kappa shape index (κ1) is 20.2. The fraction of sp³-hybridized carbons (Fsp3) is 0.200. The standard InChI is InChI=1S/C20H16F3NO5/c1-27-13-4-2-3-12(7-13)10-24-18(25)11-28-14-5-6-15-16(20(21,22)23)9-19(26)29-17(15)8-14/h2-9H,10-11H2,1H3,(H,24,25). The Kier molecular flexibility index (Phi) is 5.76. The summed E-state index contributed by atoms with van der Waals surface area (Å²) in [4.78, 5) is 23.4. The van der Waals surface area contributed by atoms with Crippen LogP contribution in [0, 0.1) is 0 Å². The summed E-state index contributed by atoms with van der Waals surface area (Å²) in [7, 11) is 1.54. The molecular formula is C20H16F3NO5. The molecule has 1 N–H and O–H groups in total. The van der Waals surface area contributed by atoms with Crippen molar-refractivity contribution in [1.29, 1.82) is 0 Å². The first-order chi connectivity index (χ1) is 13.8. The van der Waals surface area contributed by atoms with Crippen molar-refractivity contribution < 1.29 is 31.9 Å². The van der Waals surface area contributed by atoms with Gasteiger partial charge in [0, 0.05) is 24.1 Å². The number of methoxy groups -OCH3 is 1. The van der Waals surface area contributed by atoms with Crippen LogP contribution in [0.15, 0.2) is 57.7 Å². The van der Waals surface area contributed by atoms with E-state index in [-0.39, 0.29) is 29.9 Å². The Morgan fingerprint density at radius 2 is 1.90 bits per heavy atom. The molecule has 0 bridgehead atoms. The minimum Gasteiger partial charge on any atom is -0.497 e. The van der Waals surface area contributed by atoms with E-state index in [0.29, 0.717) is 11.8 Å². The fourth-order valence-corrected chi connectivity index (χ4v) is 2.65. The Morgan fingerprint density at radius 3 is 2.62 bits per heavy atom. The number of nitrogens with one attached hydrogen (secondary N) is 1. The van der Waals surface area contributed by atoms with Crippen molar-refractivity contribution in [1.82, 2.24) is 5.32 Å². The van der Waals surface area contributed by atoms with Gasteiger partial charge in [0.25, 0.3) is 5.91 Å². The molecule has 0 atom stereocenters. The molecule has 1 amide bonds. The Hall–Kier alpha value is -3.49. The van der Waals surface area contributed by atoms with Gasteiger partial charge in [0.05, 0.1) is 12.7 Å². The predicted molar refractivity (Wildman–Crippen MR) is 97.8 cm³/mol. The maximum atomic E-state index is 13.1. The zero-order valence-corrected chi connectivity index (χ0v) is 15.2. The van der Waals surface area contributed by atoms with Crippen LogP contribution in [0.25, 0.3) is 11.0 Å². The van der Waals surface area contributed by atoms with Crippen LogP contribution in [-0.2, 0) is 17.5 Å². The maximum Gasteiger partial charge on any atom is 0.417 e. The molecule has 0 aliphatic carbocycles. The largest absolute Gasteiger partial charge is 0.497 e. The monoisotopic (exact) mass is 407 g/mol. The van der Waals surface area contributed by atoms with Gasteiger partial charge < -0.3 is 19.2 Å². The van der Waals surface area contributed by atoms with Crippen molar-refractivity contribution in [2.24, 2.45) is 0 Å². The molecule has 152 valence electrons. The molecule has 0 saturated heterocycles. The van der Waals surface area contributed by atoms with Gasteiger partial charge in [0.2, 0.25) is 0 Å². The third-order valence-corrected chi connectivity index (χ3v) is 4.02. The van der Waals surface area contributed by atoms with Crippen molar-refractivity contribution >= 4 is 16.9 Å². The highest BCUT2D eigenvalue weighted by Crippen LogP contribution is 2.34. The van der Waals surface area contributed by atoms with Gasteiger partial charge in [-0.3, -0.25) is 4.79 Å². The summed E-state index contributed by atoms with van der Waals surface area (Å²) in [6.07, 6.45) is -4.70. The van der Waals surface area contributed by atoms with Crippen LogP contribution in [0.5, 0.6) is 11.5 Å². The van der Waals surface area contributed by atoms with Crippen LogP contribution in [-0.4, -0.2) is 19.6 Å². The second kappa shape index (κ2) is 8.26. The van der Waals surface area contributed by atoms with E-state index < -0.39 is 23.3 Å². The highest BCUT2D eigenvalue weighted by atomic mass is 19.4. The predicted octanol–water partition coefficient (Wildman–Crippen LogP) is 3.52. The summed E-state index contributed by atoms with van der Waals surface area (Å²) < 4.78 is 54.4. The molecule has 2 aromatic carbocycles. The molecule has 1 aromatic heterocycles. The van der Waals surface area contributed by atoms with Crippen molar-refractivity contribution in [3.05, 3.63) is 70.1 Å². The minimum atomic E-state index is -4.70. The molecule has 6 nitrogen and oxygen atoms in total. The Bertz CT molecular complexity index is 1090. The quantitative estimate of drug-likeness (QED) is 0.633. The van der Waals surface area contributed by atoms with Gasteiger partial charge in [-0.25, -0.2) is 4.79 Å². The second-order valence-electron chi connectivity index (χ2n) is 6.05. The summed E-state index contributed by atoms with van der Waals surface area (Å²) in [6, 6.07) is 11.1. The van der Waals surface area contributed by atoms with Gasteiger partial charge in [-0.2, -0.15) is 13.2 Å². The van der Waals surface area contributed by atoms with Crippen molar-refractivity contribution in [3.63, 3.8) is 0 Å². The highest BCUT2D eigenvalue weighted by Gasteiger charge is 2.33. The normalized spacial score (nSPS) is 11.3. The lowest BCUT2D eigenvalue weighted by Crippen LogP contribution is -2.28. The topological polar surface area (TPSA) is 77.8 Å². The number of ether oxygens (including phenoxy) is 2. The molecule has 0 spiro atoms. The molecule has 0 aliphatic heterocycles. The van der Waals surface area contributed by atoms with Gasteiger partial charge in [0.1, 0.15) is 17.1 Å². The Labute approximate surface area is 162 Å². The van der Waals surface area contributed by atoms with E-state index in [0.717, 1.165) is 17.7 Å². The van der Waals surface area contributed by atoms with E-state index in [1.54, 1.807) is 18.2 Å². The van der Waals surface area contributed by atoms with Crippen LogP contribution in [0.4, 0.5) is 13.2 Å². The van der Waals surface area contributed by atoms with Gasteiger partial charge in [0.15, 0.2) is 6.61 Å². The molecule has 0 fully saturated rings. The average Bonchev–Trinajstić information content (AvgIpc) is 2.69. The van der Waals surface area contributed by atoms with Gasteiger partial charge in [-0.05, 0) is 29.8 Å². The van der Waals surface area contributed by atoms with Crippen LogP contribution in [0.2, 0.25) is 0 Å². The van der Waals surface area contributed by atoms with E-state index in [9.17, 15) is 22.8 Å². The van der Waals surface area contributed by atoms with E-state index in [4.69, 9.17) is 13.9 Å². The van der Waals surface area contributed by atoms with Gasteiger partial charge >= 0.3 is 11.8 Å². The highest BCUT2D eigenvalue weighted by molar-refractivity contribution is 5.82. The van der Waals surface area contributed by atoms with Gasteiger partial charge in [-0.15, -0.1) is 0 Å². The number of halogens is 3. The number of amides is 1. The summed E-state index contributed by atoms with van der Waals surface area (Å²) >= 11 is 0. The molecule has 3 aromatic rings. The van der Waals surface area contributed by atoms with Gasteiger partial charge in [-0.1, -0.05) is 12.1 Å². The van der Waals surface area contributed by atoms with E-state index >= 15 is 0 Å². The summed E-state index contributed by atoms with van der Waals surface area (Å²) in [5.74, 6) is 0.318. The number of fused-ring (bicyclic) bond motifs is 1. The molecule has 29 heavy (non-hydrogen) atoms. The second-order valence-corrected chi connectivity index (χ2v) is 6.05. The van der Waals surface area contributed by atoms with Crippen LogP contribution < -0.4 is 20.4 Å². The van der Waals surface area contributed by atoms with Crippen LogP contribution >= 0.6 is 0 Å². The van der Waals surface area contributed by atoms with Crippen LogP contribution in [0.1, 0.15) is 11.1 Å². The van der Waals surface area contributed by atoms with Crippen molar-refractivity contribution in [2.75, 3.05) is 13.7 Å². The number of rotatable bonds is 6. The van der Waals surface area contributed by atoms with E-state index in [1.165, 1.54) is 13.2 Å². The molecular weight excluding hydrogens is 391 g/mol. The number of hydrogen-bond donors (Lipinski definition) is 1. The summed E-state index contributed by atoms with van der Waals surface area (Å²) in [5.41, 5.74) is -1.67. The lowest BCUT2D eigenvalue weighted by atomic mass is 10.1. The molecule has 0 saturated carbocycles. The lowest BCUT2D eigenvalue weighted by Gasteiger charge is -2.11. The van der Waals surface area contributed by atoms with E-state index in [2.05, 4.69) is 5.32 Å². The summed E-state index contributed by atoms with van der Waals surface area (Å²) in [6.45, 7) is -0.112. The zero-order chi connectivity index (χ0) is 21.0. The smallest absolute Gasteiger partial charge is 0.417 e. The van der Waals surface area contributed by atoms with Crippen molar-refractivity contribution in [2.45, 2.75) is 12.7 Å². The molecule has 0 radical (unpaired) electrons. The van der Waals surface area contributed by atoms with Crippen LogP contribution in [0.3, 0.4) is 0 Å². The Morgan fingerprint density at radius 1 is 1.10 bits per heavy atom. The lowest BCUT2D eigenvalue weighted by molar-refractivity contribution is -0.136. The molecule has 3 rings (SSSR count). The third-order valence-electron chi connectivity index (χ3n) is 4.02. The first-order valence-electron chi connectivity index (χ1n) is 8.44. The third kappa shape index (κ3) is 5.07. The molecule has 0 aliphatic rings. The molecule has 9 heteroatoms. The van der Waals surface area contributed by atoms with E-state index in [1.807, 2.05) is 6.07 Å². The molecule has 1 heterocycles. The zero-order valence-electron chi connectivity index (χ0n) is 15.2. The number of hydrogen-bond acceptors (Lipinski definition) is 5. The maximum absolute atomic E-state index is 13.1. The SMILES string of the molecule is COc1cccc(CNC(=O)COc2ccc3c(C(F)(F)F)cc(=O)oc3c2)c1. The average molecular weight is 407 g/mol. The van der Waals surface area contributed by atoms with Crippen molar-refractivity contribution in [3.8, 4) is 11.5 Å². The first-order valence-corrected chi connectivity index (χ1v) is 8.44. The summed E-state index contributed by atoms with van der Waals surface area (Å²) in [5, 5.41) is 2.38. The Balaban J connectivity index is 1.66.